The van der Waals surface area contributed by atoms with Crippen LogP contribution in [0.1, 0.15) is 42.5 Å². The molecule has 0 saturated carbocycles. The average Bonchev–Trinajstić information content (AvgIpc) is 2.73. The van der Waals surface area contributed by atoms with Crippen LogP contribution >= 0.6 is 11.6 Å². The SMILES string of the molecule is COc1ccc(C(=O)CCN2CCCCCC2)cc1Cl. The second-order valence-corrected chi connectivity index (χ2v) is 5.69. The van der Waals surface area contributed by atoms with Gasteiger partial charge in [0.25, 0.3) is 0 Å². The molecular weight excluding hydrogens is 274 g/mol. The molecule has 1 aliphatic rings. The lowest BCUT2D eigenvalue weighted by atomic mass is 10.1. The van der Waals surface area contributed by atoms with Crippen molar-refractivity contribution in [2.75, 3.05) is 26.7 Å². The molecule has 0 spiro atoms. The van der Waals surface area contributed by atoms with Gasteiger partial charge in [-0.25, -0.2) is 0 Å². The van der Waals surface area contributed by atoms with Gasteiger partial charge >= 0.3 is 0 Å². The van der Waals surface area contributed by atoms with E-state index in [0.29, 0.717) is 22.8 Å². The third kappa shape index (κ3) is 4.22. The number of carbonyl (C=O) groups excluding carboxylic acids is 1. The van der Waals surface area contributed by atoms with E-state index in [1.54, 1.807) is 25.3 Å². The lowest BCUT2D eigenvalue weighted by molar-refractivity contribution is 0.0965. The van der Waals surface area contributed by atoms with Gasteiger partial charge in [-0.15, -0.1) is 0 Å². The van der Waals surface area contributed by atoms with Crippen molar-refractivity contribution in [3.05, 3.63) is 28.8 Å². The summed E-state index contributed by atoms with van der Waals surface area (Å²) >= 11 is 6.06. The Morgan fingerprint density at radius 1 is 1.25 bits per heavy atom. The fraction of sp³-hybridized carbons (Fsp3) is 0.562. The summed E-state index contributed by atoms with van der Waals surface area (Å²) in [5, 5.41) is 0.494. The Labute approximate surface area is 125 Å². The molecule has 1 heterocycles. The zero-order valence-electron chi connectivity index (χ0n) is 12.0. The van der Waals surface area contributed by atoms with Gasteiger partial charge in [0.2, 0.25) is 0 Å². The van der Waals surface area contributed by atoms with E-state index < -0.39 is 0 Å². The second kappa shape index (κ2) is 7.65. The molecule has 1 aromatic carbocycles. The molecule has 0 aliphatic carbocycles. The molecule has 20 heavy (non-hydrogen) atoms. The molecule has 0 unspecified atom stereocenters. The Morgan fingerprint density at radius 2 is 1.95 bits per heavy atom. The number of methoxy groups -OCH3 is 1. The number of Topliss-reactive ketones (excluding diaryl/α,β-unsaturated/α-hetero) is 1. The van der Waals surface area contributed by atoms with Crippen molar-refractivity contribution >= 4 is 17.4 Å². The molecule has 0 amide bonds. The molecule has 1 aromatic rings. The highest BCUT2D eigenvalue weighted by molar-refractivity contribution is 6.32. The number of ketones is 1. The molecule has 0 radical (unpaired) electrons. The summed E-state index contributed by atoms with van der Waals surface area (Å²) in [5.74, 6) is 0.759. The van der Waals surface area contributed by atoms with Crippen LogP contribution < -0.4 is 4.74 Å². The van der Waals surface area contributed by atoms with E-state index in [2.05, 4.69) is 4.90 Å². The van der Waals surface area contributed by atoms with Gasteiger partial charge in [0.05, 0.1) is 12.1 Å². The molecular formula is C16H22ClNO2. The number of hydrogen-bond acceptors (Lipinski definition) is 3. The quantitative estimate of drug-likeness (QED) is 0.774. The minimum absolute atomic E-state index is 0.152. The van der Waals surface area contributed by atoms with Gasteiger partial charge in [0, 0.05) is 18.5 Å². The van der Waals surface area contributed by atoms with E-state index in [1.807, 2.05) is 0 Å². The largest absolute Gasteiger partial charge is 0.495 e. The van der Waals surface area contributed by atoms with Gasteiger partial charge in [-0.2, -0.15) is 0 Å². The molecule has 0 bridgehead atoms. The normalized spacial score (nSPS) is 16.7. The van der Waals surface area contributed by atoms with Crippen LogP contribution in [0.2, 0.25) is 5.02 Å². The third-order valence-corrected chi connectivity index (χ3v) is 4.12. The summed E-state index contributed by atoms with van der Waals surface area (Å²) in [7, 11) is 1.57. The Hall–Kier alpha value is -1.06. The molecule has 0 aromatic heterocycles. The van der Waals surface area contributed by atoms with E-state index in [0.717, 1.165) is 19.6 Å². The first kappa shape index (κ1) is 15.3. The molecule has 0 atom stereocenters. The lowest BCUT2D eigenvalue weighted by Gasteiger charge is -2.19. The van der Waals surface area contributed by atoms with Gasteiger partial charge in [-0.3, -0.25) is 4.79 Å². The number of nitrogens with zero attached hydrogens (tertiary/aromatic N) is 1. The lowest BCUT2D eigenvalue weighted by Crippen LogP contribution is -2.27. The number of likely N-dealkylation sites (tertiary alicyclic amines) is 1. The second-order valence-electron chi connectivity index (χ2n) is 5.28. The topological polar surface area (TPSA) is 29.5 Å². The number of benzene rings is 1. The van der Waals surface area contributed by atoms with Crippen molar-refractivity contribution in [3.8, 4) is 5.75 Å². The standard InChI is InChI=1S/C16H22ClNO2/c1-20-16-7-6-13(12-14(16)17)15(19)8-11-18-9-4-2-3-5-10-18/h6-7,12H,2-5,8-11H2,1H3. The zero-order chi connectivity index (χ0) is 14.4. The molecule has 0 N–H and O–H groups in total. The number of hydrogen-bond donors (Lipinski definition) is 0. The molecule has 3 nitrogen and oxygen atoms in total. The summed E-state index contributed by atoms with van der Waals surface area (Å²) < 4.78 is 5.10. The summed E-state index contributed by atoms with van der Waals surface area (Å²) in [6.45, 7) is 3.09. The smallest absolute Gasteiger partial charge is 0.164 e. The first-order valence-corrected chi connectivity index (χ1v) is 7.67. The minimum atomic E-state index is 0.152. The average molecular weight is 296 g/mol. The van der Waals surface area contributed by atoms with E-state index in [-0.39, 0.29) is 5.78 Å². The summed E-state index contributed by atoms with van der Waals surface area (Å²) in [5.41, 5.74) is 0.672. The monoisotopic (exact) mass is 295 g/mol. The van der Waals surface area contributed by atoms with Gasteiger partial charge in [-0.05, 0) is 44.1 Å². The number of ether oxygens (including phenoxy) is 1. The van der Waals surface area contributed by atoms with Crippen molar-refractivity contribution in [3.63, 3.8) is 0 Å². The fourth-order valence-corrected chi connectivity index (χ4v) is 2.86. The van der Waals surface area contributed by atoms with Crippen LogP contribution in [0.25, 0.3) is 0 Å². The number of halogens is 1. The van der Waals surface area contributed by atoms with Crippen LogP contribution in [0.15, 0.2) is 18.2 Å². The maximum Gasteiger partial charge on any atom is 0.164 e. The number of rotatable bonds is 5. The summed E-state index contributed by atoms with van der Waals surface area (Å²) in [4.78, 5) is 14.6. The molecule has 1 fully saturated rings. The highest BCUT2D eigenvalue weighted by atomic mass is 35.5. The molecule has 4 heteroatoms. The van der Waals surface area contributed by atoms with Crippen LogP contribution in [-0.4, -0.2) is 37.4 Å². The van der Waals surface area contributed by atoms with Crippen LogP contribution in [0.4, 0.5) is 0 Å². The molecule has 2 rings (SSSR count). The predicted octanol–water partition coefficient (Wildman–Crippen LogP) is 3.80. The van der Waals surface area contributed by atoms with Crippen molar-refractivity contribution in [2.45, 2.75) is 32.1 Å². The summed E-state index contributed by atoms with van der Waals surface area (Å²) in [6, 6.07) is 5.24. The first-order valence-electron chi connectivity index (χ1n) is 7.30. The van der Waals surface area contributed by atoms with Crippen LogP contribution in [0, 0.1) is 0 Å². The van der Waals surface area contributed by atoms with Gasteiger partial charge in [0.15, 0.2) is 5.78 Å². The van der Waals surface area contributed by atoms with Crippen LogP contribution in [0.5, 0.6) is 5.75 Å². The van der Waals surface area contributed by atoms with Crippen LogP contribution in [0.3, 0.4) is 0 Å². The molecule has 110 valence electrons. The van der Waals surface area contributed by atoms with Gasteiger partial charge in [0.1, 0.15) is 5.75 Å². The Kier molecular flexibility index (Phi) is 5.86. The Balaban J connectivity index is 1.89. The fourth-order valence-electron chi connectivity index (χ4n) is 2.60. The molecule has 1 saturated heterocycles. The zero-order valence-corrected chi connectivity index (χ0v) is 12.8. The van der Waals surface area contributed by atoms with E-state index in [4.69, 9.17) is 16.3 Å². The predicted molar refractivity (Wildman–Crippen MR) is 81.9 cm³/mol. The first-order chi connectivity index (χ1) is 9.70. The maximum atomic E-state index is 12.2. The van der Waals surface area contributed by atoms with E-state index in [9.17, 15) is 4.79 Å². The highest BCUT2D eigenvalue weighted by Gasteiger charge is 2.13. The van der Waals surface area contributed by atoms with Crippen molar-refractivity contribution in [1.29, 1.82) is 0 Å². The van der Waals surface area contributed by atoms with Gasteiger partial charge in [-0.1, -0.05) is 24.4 Å². The summed E-state index contributed by atoms with van der Waals surface area (Å²) in [6.07, 6.45) is 5.70. The van der Waals surface area contributed by atoms with E-state index in [1.165, 1.54) is 25.7 Å². The third-order valence-electron chi connectivity index (χ3n) is 3.83. The van der Waals surface area contributed by atoms with Crippen LogP contribution in [-0.2, 0) is 0 Å². The Morgan fingerprint density at radius 3 is 2.55 bits per heavy atom. The Bertz CT molecular complexity index is 454. The minimum Gasteiger partial charge on any atom is -0.495 e. The van der Waals surface area contributed by atoms with Crippen molar-refractivity contribution in [2.24, 2.45) is 0 Å². The molecule has 1 aliphatic heterocycles. The van der Waals surface area contributed by atoms with Crippen molar-refractivity contribution < 1.29 is 9.53 Å². The maximum absolute atomic E-state index is 12.2. The van der Waals surface area contributed by atoms with E-state index >= 15 is 0 Å². The number of carbonyl (C=O) groups is 1. The van der Waals surface area contributed by atoms with Crippen molar-refractivity contribution in [1.82, 2.24) is 4.90 Å². The highest BCUT2D eigenvalue weighted by Crippen LogP contribution is 2.25. The van der Waals surface area contributed by atoms with Gasteiger partial charge < -0.3 is 9.64 Å².